The highest BCUT2D eigenvalue weighted by molar-refractivity contribution is 6.02. The molecule has 162 valence electrons. The molecule has 33 heavy (non-hydrogen) atoms. The Morgan fingerprint density at radius 2 is 1.48 bits per heavy atom. The van der Waals surface area contributed by atoms with Gasteiger partial charge in [0, 0.05) is 5.56 Å². The number of aromatic nitrogens is 2. The van der Waals surface area contributed by atoms with E-state index < -0.39 is 5.97 Å². The third-order valence-corrected chi connectivity index (χ3v) is 5.63. The van der Waals surface area contributed by atoms with Gasteiger partial charge in [-0.15, -0.1) is 0 Å². The van der Waals surface area contributed by atoms with Gasteiger partial charge in [-0.25, -0.2) is 9.78 Å². The zero-order chi connectivity index (χ0) is 22.9. The van der Waals surface area contributed by atoms with Crippen molar-refractivity contribution in [3.05, 3.63) is 102 Å². The molecule has 5 nitrogen and oxygen atoms in total. The van der Waals surface area contributed by atoms with Gasteiger partial charge in [0.1, 0.15) is 22.8 Å². The lowest BCUT2D eigenvalue weighted by molar-refractivity contribution is 0.0698. The highest BCUT2D eigenvalue weighted by Gasteiger charge is 2.14. The first-order valence-corrected chi connectivity index (χ1v) is 10.7. The Hall–Kier alpha value is -4.38. The van der Waals surface area contributed by atoms with Crippen molar-refractivity contribution in [2.75, 3.05) is 0 Å². The maximum Gasteiger partial charge on any atom is 0.337 e. The molecule has 0 saturated carbocycles. The Balaban J connectivity index is 1.39. The number of hydrogen-bond acceptors (Lipinski definition) is 3. The summed E-state index contributed by atoms with van der Waals surface area (Å²) >= 11 is 0. The summed E-state index contributed by atoms with van der Waals surface area (Å²) in [7, 11) is 0. The number of fused-ring (bicyclic) bond motifs is 1. The van der Waals surface area contributed by atoms with Gasteiger partial charge in [-0.1, -0.05) is 54.6 Å². The van der Waals surface area contributed by atoms with Crippen LogP contribution < -0.4 is 4.74 Å². The number of aryl methyl sites for hydroxylation is 2. The molecule has 0 saturated heterocycles. The number of imidazole rings is 1. The number of rotatable bonds is 5. The van der Waals surface area contributed by atoms with Gasteiger partial charge in [-0.3, -0.25) is 0 Å². The maximum atomic E-state index is 11.6. The van der Waals surface area contributed by atoms with Crippen molar-refractivity contribution in [2.24, 2.45) is 0 Å². The van der Waals surface area contributed by atoms with Crippen LogP contribution in [-0.2, 0) is 0 Å². The lowest BCUT2D eigenvalue weighted by Crippen LogP contribution is -1.98. The number of aromatic amines is 1. The van der Waals surface area contributed by atoms with E-state index in [0.717, 1.165) is 44.8 Å². The maximum absolute atomic E-state index is 11.6. The molecular weight excluding hydrogens is 412 g/mol. The number of ether oxygens (including phenoxy) is 1. The third kappa shape index (κ3) is 4.08. The molecule has 0 bridgehead atoms. The monoisotopic (exact) mass is 434 g/mol. The third-order valence-electron chi connectivity index (χ3n) is 5.63. The molecule has 0 aliphatic heterocycles. The Kier molecular flexibility index (Phi) is 5.15. The summed E-state index contributed by atoms with van der Waals surface area (Å²) in [6.07, 6.45) is 0. The standard InChI is InChI=1S/C28H22N2O3/c1-17-15-23(28(31)32)26-24(16-17)29-27(30-26)21-9-7-19(8-10-21)20-11-13-22(14-12-20)33-25-6-4-3-5-18(25)2/h3-16H,1-2H3,(H,29,30)(H,31,32). The second-order valence-electron chi connectivity index (χ2n) is 8.07. The summed E-state index contributed by atoms with van der Waals surface area (Å²) in [5, 5.41) is 9.50. The van der Waals surface area contributed by atoms with Crippen LogP contribution in [0.25, 0.3) is 33.5 Å². The van der Waals surface area contributed by atoms with Crippen LogP contribution >= 0.6 is 0 Å². The van der Waals surface area contributed by atoms with Gasteiger partial charge in [0.2, 0.25) is 0 Å². The number of benzene rings is 4. The van der Waals surface area contributed by atoms with Crippen LogP contribution in [-0.4, -0.2) is 21.0 Å². The molecule has 5 rings (SSSR count). The Morgan fingerprint density at radius 1 is 0.848 bits per heavy atom. The minimum Gasteiger partial charge on any atom is -0.478 e. The number of carboxylic acid groups (broad SMARTS) is 1. The fraction of sp³-hybridized carbons (Fsp3) is 0.0714. The van der Waals surface area contributed by atoms with E-state index in [2.05, 4.69) is 9.97 Å². The van der Waals surface area contributed by atoms with Gasteiger partial charge in [-0.05, 0) is 66.4 Å². The lowest BCUT2D eigenvalue weighted by atomic mass is 10.0. The first kappa shape index (κ1) is 20.5. The molecule has 0 radical (unpaired) electrons. The van der Waals surface area contributed by atoms with Crippen molar-refractivity contribution < 1.29 is 14.6 Å². The van der Waals surface area contributed by atoms with Crippen LogP contribution in [0.1, 0.15) is 21.5 Å². The topological polar surface area (TPSA) is 75.2 Å². The van der Waals surface area contributed by atoms with Crippen LogP contribution in [0.2, 0.25) is 0 Å². The summed E-state index contributed by atoms with van der Waals surface area (Å²) in [4.78, 5) is 19.4. The molecule has 0 fully saturated rings. The number of hydrogen-bond donors (Lipinski definition) is 2. The molecule has 0 aliphatic carbocycles. The predicted octanol–water partition coefficient (Wildman–Crippen LogP) is 7.00. The number of aromatic carboxylic acids is 1. The molecule has 5 aromatic rings. The average molecular weight is 434 g/mol. The second kappa shape index (κ2) is 8.28. The molecule has 0 spiro atoms. The van der Waals surface area contributed by atoms with Gasteiger partial charge >= 0.3 is 5.97 Å². The number of carboxylic acids is 1. The van der Waals surface area contributed by atoms with Crippen molar-refractivity contribution in [3.63, 3.8) is 0 Å². The van der Waals surface area contributed by atoms with E-state index in [0.29, 0.717) is 11.3 Å². The Labute approximate surface area is 191 Å². The zero-order valence-corrected chi connectivity index (χ0v) is 18.3. The average Bonchev–Trinajstić information content (AvgIpc) is 3.24. The first-order valence-electron chi connectivity index (χ1n) is 10.7. The highest BCUT2D eigenvalue weighted by atomic mass is 16.5. The molecule has 2 N–H and O–H groups in total. The second-order valence-corrected chi connectivity index (χ2v) is 8.07. The van der Waals surface area contributed by atoms with E-state index in [1.54, 1.807) is 6.07 Å². The van der Waals surface area contributed by atoms with E-state index in [4.69, 9.17) is 4.74 Å². The molecule has 0 aliphatic rings. The number of nitrogens with zero attached hydrogens (tertiary/aromatic N) is 1. The summed E-state index contributed by atoms with van der Waals surface area (Å²) in [6.45, 7) is 3.90. The van der Waals surface area contributed by atoms with Crippen LogP contribution in [0.15, 0.2) is 84.9 Å². The molecule has 0 unspecified atom stereocenters. The van der Waals surface area contributed by atoms with E-state index in [1.807, 2.05) is 92.7 Å². The minimum absolute atomic E-state index is 0.206. The molecule has 0 atom stereocenters. The van der Waals surface area contributed by atoms with Gasteiger partial charge in [0.25, 0.3) is 0 Å². The molecule has 5 heteroatoms. The number of H-pyrrole nitrogens is 1. The molecule has 1 heterocycles. The molecule has 1 aromatic heterocycles. The van der Waals surface area contributed by atoms with Crippen molar-refractivity contribution in [1.29, 1.82) is 0 Å². The fourth-order valence-electron chi connectivity index (χ4n) is 3.90. The van der Waals surface area contributed by atoms with Crippen molar-refractivity contribution >= 4 is 17.0 Å². The van der Waals surface area contributed by atoms with Crippen LogP contribution in [0.3, 0.4) is 0 Å². The molecular formula is C28H22N2O3. The predicted molar refractivity (Wildman–Crippen MR) is 130 cm³/mol. The number of para-hydroxylation sites is 1. The Bertz CT molecular complexity index is 1470. The number of nitrogens with one attached hydrogen (secondary N) is 1. The van der Waals surface area contributed by atoms with Crippen molar-refractivity contribution in [3.8, 4) is 34.0 Å². The fourth-order valence-corrected chi connectivity index (χ4v) is 3.90. The summed E-state index contributed by atoms with van der Waals surface area (Å²) in [5.41, 5.74) is 6.40. The minimum atomic E-state index is -0.980. The summed E-state index contributed by atoms with van der Waals surface area (Å²) in [6, 6.07) is 27.5. The van der Waals surface area contributed by atoms with E-state index in [9.17, 15) is 9.90 Å². The largest absolute Gasteiger partial charge is 0.478 e. The lowest BCUT2D eigenvalue weighted by Gasteiger charge is -2.09. The summed E-state index contributed by atoms with van der Waals surface area (Å²) in [5.74, 6) is 1.30. The van der Waals surface area contributed by atoms with Crippen LogP contribution in [0, 0.1) is 13.8 Å². The van der Waals surface area contributed by atoms with Gasteiger partial charge < -0.3 is 14.8 Å². The number of carbonyl (C=O) groups is 1. The van der Waals surface area contributed by atoms with Crippen molar-refractivity contribution in [1.82, 2.24) is 9.97 Å². The van der Waals surface area contributed by atoms with E-state index >= 15 is 0 Å². The SMILES string of the molecule is Cc1cc(C(=O)O)c2nc(-c3ccc(-c4ccc(Oc5ccccc5C)cc4)cc3)[nH]c2c1. The normalized spacial score (nSPS) is 11.0. The Morgan fingerprint density at radius 3 is 2.15 bits per heavy atom. The van der Waals surface area contributed by atoms with E-state index in [1.165, 1.54) is 0 Å². The zero-order valence-electron chi connectivity index (χ0n) is 18.3. The first-order chi connectivity index (χ1) is 16.0. The molecule has 0 amide bonds. The van der Waals surface area contributed by atoms with Crippen molar-refractivity contribution in [2.45, 2.75) is 13.8 Å². The summed E-state index contributed by atoms with van der Waals surface area (Å²) < 4.78 is 5.99. The highest BCUT2D eigenvalue weighted by Crippen LogP contribution is 2.30. The van der Waals surface area contributed by atoms with Gasteiger partial charge in [0.05, 0.1) is 11.1 Å². The smallest absolute Gasteiger partial charge is 0.337 e. The van der Waals surface area contributed by atoms with Crippen LogP contribution in [0.5, 0.6) is 11.5 Å². The van der Waals surface area contributed by atoms with Gasteiger partial charge in [0.15, 0.2) is 0 Å². The van der Waals surface area contributed by atoms with Gasteiger partial charge in [-0.2, -0.15) is 0 Å². The van der Waals surface area contributed by atoms with E-state index in [-0.39, 0.29) is 5.56 Å². The molecule has 4 aromatic carbocycles. The van der Waals surface area contributed by atoms with Crippen LogP contribution in [0.4, 0.5) is 0 Å². The quantitative estimate of drug-likeness (QED) is 0.312.